The molecule has 0 saturated carbocycles. The molecule has 0 radical (unpaired) electrons. The number of carbonyl (C=O) groups excluding carboxylic acids is 1. The molecule has 1 heterocycles. The first kappa shape index (κ1) is 19.2. The van der Waals surface area contributed by atoms with Gasteiger partial charge in [0.05, 0.1) is 9.82 Å². The Morgan fingerprint density at radius 2 is 1.84 bits per heavy atom. The second-order valence-electron chi connectivity index (χ2n) is 6.65. The number of rotatable bonds is 5. The largest absolute Gasteiger partial charge is 0.362 e. The molecular formula is C16H23N3O5S. The lowest BCUT2D eigenvalue weighted by atomic mass is 10.1. The van der Waals surface area contributed by atoms with Crippen LogP contribution >= 0.6 is 0 Å². The molecular weight excluding hydrogens is 346 g/mol. The molecule has 0 N–H and O–H groups in total. The van der Waals surface area contributed by atoms with Crippen LogP contribution in [0.15, 0.2) is 23.1 Å². The maximum Gasteiger partial charge on any atom is 0.293 e. The van der Waals surface area contributed by atoms with E-state index in [-0.39, 0.29) is 22.4 Å². The van der Waals surface area contributed by atoms with Gasteiger partial charge in [-0.15, -0.1) is 0 Å². The molecule has 1 aromatic rings. The molecule has 9 heteroatoms. The van der Waals surface area contributed by atoms with Gasteiger partial charge in [-0.1, -0.05) is 13.8 Å². The molecule has 0 bridgehead atoms. The van der Waals surface area contributed by atoms with Crippen molar-refractivity contribution in [2.45, 2.75) is 25.2 Å². The number of piperazine rings is 1. The molecule has 1 saturated heterocycles. The van der Waals surface area contributed by atoms with Crippen LogP contribution in [0.1, 0.15) is 20.3 Å². The highest BCUT2D eigenvalue weighted by Gasteiger charge is 2.27. The normalized spacial score (nSPS) is 15.5. The van der Waals surface area contributed by atoms with Gasteiger partial charge in [-0.25, -0.2) is 8.42 Å². The summed E-state index contributed by atoms with van der Waals surface area (Å²) in [5.41, 5.74) is 0.151. The van der Waals surface area contributed by atoms with Gasteiger partial charge in [0.25, 0.3) is 5.69 Å². The Bertz CT molecular complexity index is 768. The van der Waals surface area contributed by atoms with Crippen LogP contribution in [0.5, 0.6) is 0 Å². The number of nitro groups is 1. The van der Waals surface area contributed by atoms with E-state index in [0.29, 0.717) is 38.3 Å². The van der Waals surface area contributed by atoms with E-state index in [1.54, 1.807) is 4.90 Å². The van der Waals surface area contributed by atoms with Gasteiger partial charge < -0.3 is 9.80 Å². The zero-order valence-electron chi connectivity index (χ0n) is 14.6. The van der Waals surface area contributed by atoms with Gasteiger partial charge in [0, 0.05) is 44.9 Å². The summed E-state index contributed by atoms with van der Waals surface area (Å²) in [7, 11) is -3.51. The minimum absolute atomic E-state index is 0.0753. The van der Waals surface area contributed by atoms with Crippen molar-refractivity contribution in [2.75, 3.05) is 37.3 Å². The smallest absolute Gasteiger partial charge is 0.293 e. The van der Waals surface area contributed by atoms with Crippen molar-refractivity contribution in [3.8, 4) is 0 Å². The zero-order valence-corrected chi connectivity index (χ0v) is 15.5. The van der Waals surface area contributed by atoms with E-state index in [9.17, 15) is 23.3 Å². The van der Waals surface area contributed by atoms with Crippen LogP contribution in [0.2, 0.25) is 0 Å². The minimum atomic E-state index is -3.51. The minimum Gasteiger partial charge on any atom is -0.362 e. The molecule has 138 valence electrons. The van der Waals surface area contributed by atoms with E-state index in [2.05, 4.69) is 0 Å². The molecule has 0 atom stereocenters. The Balaban J connectivity index is 2.18. The molecule has 25 heavy (non-hydrogen) atoms. The predicted molar refractivity (Wildman–Crippen MR) is 94.5 cm³/mol. The number of amides is 1. The molecule has 0 aromatic heterocycles. The van der Waals surface area contributed by atoms with Crippen molar-refractivity contribution in [1.82, 2.24) is 4.90 Å². The lowest BCUT2D eigenvalue weighted by Crippen LogP contribution is -2.49. The van der Waals surface area contributed by atoms with Crippen molar-refractivity contribution < 1.29 is 18.1 Å². The summed E-state index contributed by atoms with van der Waals surface area (Å²) in [5.74, 6) is 0.381. The molecule has 1 amide bonds. The number of nitro benzene ring substituents is 1. The van der Waals surface area contributed by atoms with Crippen LogP contribution in [0.4, 0.5) is 11.4 Å². The van der Waals surface area contributed by atoms with Crippen LogP contribution in [0, 0.1) is 16.0 Å². The summed E-state index contributed by atoms with van der Waals surface area (Å²) in [6.07, 6.45) is 1.51. The second-order valence-corrected chi connectivity index (χ2v) is 8.66. The van der Waals surface area contributed by atoms with E-state index in [1.165, 1.54) is 12.1 Å². The summed E-state index contributed by atoms with van der Waals surface area (Å²) in [4.78, 5) is 26.4. The van der Waals surface area contributed by atoms with Crippen molar-refractivity contribution >= 4 is 27.1 Å². The Morgan fingerprint density at radius 3 is 2.32 bits per heavy atom. The first-order chi connectivity index (χ1) is 11.6. The van der Waals surface area contributed by atoms with Gasteiger partial charge in [0.15, 0.2) is 9.84 Å². The fourth-order valence-electron chi connectivity index (χ4n) is 2.82. The van der Waals surface area contributed by atoms with Crippen molar-refractivity contribution in [3.63, 3.8) is 0 Å². The van der Waals surface area contributed by atoms with E-state index < -0.39 is 14.8 Å². The number of hydrogen-bond acceptors (Lipinski definition) is 6. The van der Waals surface area contributed by atoms with Crippen LogP contribution in [0.3, 0.4) is 0 Å². The van der Waals surface area contributed by atoms with Gasteiger partial charge in [-0.3, -0.25) is 14.9 Å². The zero-order chi connectivity index (χ0) is 18.8. The SMILES string of the molecule is CC(C)CC(=O)N1CCN(c2ccc(S(C)(=O)=O)cc2[N+](=O)[O-])CC1. The van der Waals surface area contributed by atoms with Crippen molar-refractivity contribution in [2.24, 2.45) is 5.92 Å². The second kappa shape index (κ2) is 7.38. The number of nitrogens with zero attached hydrogens (tertiary/aromatic N) is 3. The average molecular weight is 369 g/mol. The fraction of sp³-hybridized carbons (Fsp3) is 0.562. The third-order valence-corrected chi connectivity index (χ3v) is 5.24. The maximum atomic E-state index is 12.1. The van der Waals surface area contributed by atoms with Gasteiger partial charge in [0.1, 0.15) is 5.69 Å². The molecule has 1 aromatic carbocycles. The van der Waals surface area contributed by atoms with E-state index in [4.69, 9.17) is 0 Å². The van der Waals surface area contributed by atoms with Crippen LogP contribution in [0.25, 0.3) is 0 Å². The average Bonchev–Trinajstić information content (AvgIpc) is 2.53. The number of hydrogen-bond donors (Lipinski definition) is 0. The number of carbonyl (C=O) groups is 1. The fourth-order valence-corrected chi connectivity index (χ4v) is 3.46. The molecule has 1 aliphatic rings. The highest BCUT2D eigenvalue weighted by Crippen LogP contribution is 2.31. The highest BCUT2D eigenvalue weighted by atomic mass is 32.2. The van der Waals surface area contributed by atoms with E-state index >= 15 is 0 Å². The molecule has 0 spiro atoms. The summed E-state index contributed by atoms with van der Waals surface area (Å²) in [6.45, 7) is 5.92. The number of benzene rings is 1. The Labute approximate surface area is 147 Å². The van der Waals surface area contributed by atoms with E-state index in [0.717, 1.165) is 12.3 Å². The van der Waals surface area contributed by atoms with Gasteiger partial charge in [0.2, 0.25) is 5.91 Å². The molecule has 0 aliphatic carbocycles. The highest BCUT2D eigenvalue weighted by molar-refractivity contribution is 7.90. The summed E-state index contributed by atoms with van der Waals surface area (Å²) < 4.78 is 23.2. The Morgan fingerprint density at radius 1 is 1.24 bits per heavy atom. The topological polar surface area (TPSA) is 101 Å². The van der Waals surface area contributed by atoms with Crippen molar-refractivity contribution in [3.05, 3.63) is 28.3 Å². The number of anilines is 1. The van der Waals surface area contributed by atoms with Gasteiger partial charge >= 0.3 is 0 Å². The Kier molecular flexibility index (Phi) is 5.66. The summed E-state index contributed by atoms with van der Waals surface area (Å²) in [6, 6.07) is 3.95. The summed E-state index contributed by atoms with van der Waals surface area (Å²) >= 11 is 0. The molecule has 1 fully saturated rings. The van der Waals surface area contributed by atoms with Gasteiger partial charge in [-0.05, 0) is 18.1 Å². The predicted octanol–water partition coefficient (Wildman–Crippen LogP) is 1.69. The van der Waals surface area contributed by atoms with Crippen LogP contribution in [-0.2, 0) is 14.6 Å². The third kappa shape index (κ3) is 4.68. The van der Waals surface area contributed by atoms with Crippen LogP contribution in [-0.4, -0.2) is 56.6 Å². The molecule has 8 nitrogen and oxygen atoms in total. The maximum absolute atomic E-state index is 12.1. The summed E-state index contributed by atoms with van der Waals surface area (Å²) in [5, 5.41) is 11.4. The first-order valence-corrected chi connectivity index (χ1v) is 10.00. The lowest BCUT2D eigenvalue weighted by Gasteiger charge is -2.36. The van der Waals surface area contributed by atoms with Gasteiger partial charge in [-0.2, -0.15) is 0 Å². The Hall–Kier alpha value is -2.16. The standard InChI is InChI=1S/C16H23N3O5S/c1-12(2)10-16(20)18-8-6-17(7-9-18)14-5-4-13(25(3,23)24)11-15(14)19(21)22/h4-5,11-12H,6-10H2,1-3H3. The molecule has 0 unspecified atom stereocenters. The third-order valence-electron chi connectivity index (χ3n) is 4.13. The quantitative estimate of drug-likeness (QED) is 0.578. The van der Waals surface area contributed by atoms with Crippen LogP contribution < -0.4 is 4.90 Å². The lowest BCUT2D eigenvalue weighted by molar-refractivity contribution is -0.384. The monoisotopic (exact) mass is 369 g/mol. The van der Waals surface area contributed by atoms with E-state index in [1.807, 2.05) is 18.7 Å². The number of sulfone groups is 1. The molecule has 1 aliphatic heterocycles. The molecule has 2 rings (SSSR count). The first-order valence-electron chi connectivity index (χ1n) is 8.11. The van der Waals surface area contributed by atoms with Crippen molar-refractivity contribution in [1.29, 1.82) is 0 Å².